The molecule has 0 atom stereocenters. The SMILES string of the molecule is Cn1c(=O)c2nc(S(=O)(=O)CCC(=O)Nc3ccc4c(c3)OCCO4)n(C)c2n(C)c1=O. The maximum atomic E-state index is 12.9. The molecular weight excluding hydrogens is 442 g/mol. The van der Waals surface area contributed by atoms with Gasteiger partial charge in [-0.05, 0) is 12.1 Å². The number of amides is 1. The van der Waals surface area contributed by atoms with Crippen molar-refractivity contribution in [2.75, 3.05) is 24.3 Å². The van der Waals surface area contributed by atoms with Crippen molar-refractivity contribution in [2.45, 2.75) is 11.6 Å². The lowest BCUT2D eigenvalue weighted by molar-refractivity contribution is -0.115. The van der Waals surface area contributed by atoms with Gasteiger partial charge in [-0.15, -0.1) is 0 Å². The molecule has 0 saturated carbocycles. The van der Waals surface area contributed by atoms with Crippen LogP contribution in [0.1, 0.15) is 6.42 Å². The Morgan fingerprint density at radius 2 is 1.75 bits per heavy atom. The molecule has 13 heteroatoms. The van der Waals surface area contributed by atoms with Crippen LogP contribution in [-0.2, 0) is 35.8 Å². The van der Waals surface area contributed by atoms with Gasteiger partial charge in [-0.25, -0.2) is 18.2 Å². The molecule has 1 amide bonds. The van der Waals surface area contributed by atoms with Gasteiger partial charge in [-0.3, -0.25) is 18.7 Å². The van der Waals surface area contributed by atoms with Crippen LogP contribution < -0.4 is 26.0 Å². The van der Waals surface area contributed by atoms with Gasteiger partial charge in [0.05, 0.1) is 5.75 Å². The summed E-state index contributed by atoms with van der Waals surface area (Å²) in [6, 6.07) is 4.88. The van der Waals surface area contributed by atoms with Gasteiger partial charge in [-0.2, -0.15) is 0 Å². The number of hydrogen-bond acceptors (Lipinski definition) is 8. The zero-order chi connectivity index (χ0) is 23.2. The fourth-order valence-corrected chi connectivity index (χ4v) is 4.87. The van der Waals surface area contributed by atoms with Crippen LogP contribution in [0.4, 0.5) is 5.69 Å². The number of aryl methyl sites for hydroxylation is 2. The van der Waals surface area contributed by atoms with Gasteiger partial charge in [0.1, 0.15) is 13.2 Å². The quantitative estimate of drug-likeness (QED) is 0.536. The molecule has 3 aromatic rings. The number of sulfone groups is 1. The summed E-state index contributed by atoms with van der Waals surface area (Å²) in [5, 5.41) is 2.23. The third-order valence-electron chi connectivity index (χ3n) is 5.12. The fraction of sp³-hybridized carbons (Fsp3) is 0.368. The Bertz CT molecular complexity index is 1470. The van der Waals surface area contributed by atoms with Gasteiger partial charge < -0.3 is 19.4 Å². The maximum Gasteiger partial charge on any atom is 0.332 e. The topological polar surface area (TPSA) is 144 Å². The summed E-state index contributed by atoms with van der Waals surface area (Å²) in [5.74, 6) is 0.00884. The number of aromatic nitrogens is 4. The first kappa shape index (κ1) is 21.6. The molecule has 2 aromatic heterocycles. The predicted octanol–water partition coefficient (Wildman–Crippen LogP) is -0.456. The molecule has 0 spiro atoms. The van der Waals surface area contributed by atoms with E-state index in [1.54, 1.807) is 18.2 Å². The van der Waals surface area contributed by atoms with Crippen molar-refractivity contribution >= 4 is 32.6 Å². The zero-order valence-electron chi connectivity index (χ0n) is 17.6. The summed E-state index contributed by atoms with van der Waals surface area (Å²) in [7, 11) is 0.0747. The molecule has 0 unspecified atom stereocenters. The fourth-order valence-electron chi connectivity index (χ4n) is 3.50. The molecule has 4 rings (SSSR count). The Kier molecular flexibility index (Phi) is 5.28. The highest BCUT2D eigenvalue weighted by Crippen LogP contribution is 2.32. The Hall–Kier alpha value is -3.61. The van der Waals surface area contributed by atoms with E-state index >= 15 is 0 Å². The molecule has 1 aliphatic rings. The molecule has 1 aliphatic heterocycles. The summed E-state index contributed by atoms with van der Waals surface area (Å²) in [6.07, 6.45) is -0.336. The van der Waals surface area contributed by atoms with E-state index in [4.69, 9.17) is 9.47 Å². The minimum Gasteiger partial charge on any atom is -0.486 e. The first-order valence-corrected chi connectivity index (χ1v) is 11.3. The Labute approximate surface area is 181 Å². The van der Waals surface area contributed by atoms with E-state index in [0.717, 1.165) is 9.13 Å². The van der Waals surface area contributed by atoms with Gasteiger partial charge in [0.25, 0.3) is 5.56 Å². The highest BCUT2D eigenvalue weighted by atomic mass is 32.2. The number of imidazole rings is 1. The second kappa shape index (κ2) is 7.82. The van der Waals surface area contributed by atoms with Crippen LogP contribution in [0.15, 0.2) is 32.9 Å². The van der Waals surface area contributed by atoms with Gasteiger partial charge >= 0.3 is 5.69 Å². The maximum absolute atomic E-state index is 12.9. The van der Waals surface area contributed by atoms with Crippen molar-refractivity contribution in [3.8, 4) is 11.5 Å². The largest absolute Gasteiger partial charge is 0.486 e. The van der Waals surface area contributed by atoms with Gasteiger partial charge in [0, 0.05) is 39.3 Å². The van der Waals surface area contributed by atoms with Crippen molar-refractivity contribution < 1.29 is 22.7 Å². The Morgan fingerprint density at radius 3 is 2.47 bits per heavy atom. The Morgan fingerprint density at radius 1 is 1.06 bits per heavy atom. The summed E-state index contributed by atoms with van der Waals surface area (Å²) >= 11 is 0. The smallest absolute Gasteiger partial charge is 0.332 e. The molecule has 0 saturated heterocycles. The van der Waals surface area contributed by atoms with E-state index < -0.39 is 37.9 Å². The standard InChI is InChI=1S/C19H21N5O7S/c1-22-16-15(17(26)24(3)19(27)23(16)2)21-18(22)32(28,29)9-6-14(25)20-11-4-5-12-13(10-11)31-8-7-30-12/h4-5,10H,6-9H2,1-3H3,(H,20,25). The number of rotatable bonds is 5. The molecule has 0 fully saturated rings. The average molecular weight is 463 g/mol. The number of carbonyl (C=O) groups excluding carboxylic acids is 1. The Balaban J connectivity index is 1.54. The number of nitrogens with one attached hydrogen (secondary N) is 1. The van der Waals surface area contributed by atoms with E-state index in [2.05, 4.69) is 10.3 Å². The summed E-state index contributed by atoms with van der Waals surface area (Å²) in [5.41, 5.74) is -0.920. The molecule has 32 heavy (non-hydrogen) atoms. The van der Waals surface area contributed by atoms with Crippen LogP contribution in [0.2, 0.25) is 0 Å². The van der Waals surface area contributed by atoms with E-state index in [0.29, 0.717) is 30.4 Å². The second-order valence-electron chi connectivity index (χ2n) is 7.31. The zero-order valence-corrected chi connectivity index (χ0v) is 18.4. The molecule has 1 aromatic carbocycles. The summed E-state index contributed by atoms with van der Waals surface area (Å²) in [4.78, 5) is 40.8. The van der Waals surface area contributed by atoms with Crippen molar-refractivity contribution in [3.05, 3.63) is 39.0 Å². The average Bonchev–Trinajstić information content (AvgIpc) is 3.13. The molecule has 0 aliphatic carbocycles. The summed E-state index contributed by atoms with van der Waals surface area (Å²) < 4.78 is 39.8. The van der Waals surface area contributed by atoms with Gasteiger partial charge in [0.15, 0.2) is 22.7 Å². The molecule has 1 N–H and O–H groups in total. The number of fused-ring (bicyclic) bond motifs is 2. The van der Waals surface area contributed by atoms with Crippen LogP contribution in [0.3, 0.4) is 0 Å². The van der Waals surface area contributed by atoms with Crippen LogP contribution in [0.5, 0.6) is 11.5 Å². The second-order valence-corrected chi connectivity index (χ2v) is 9.31. The third-order valence-corrected chi connectivity index (χ3v) is 6.79. The van der Waals surface area contributed by atoms with E-state index in [-0.39, 0.29) is 17.6 Å². The lowest BCUT2D eigenvalue weighted by Crippen LogP contribution is -2.37. The molecular formula is C19H21N5O7S. The number of anilines is 1. The molecule has 170 valence electrons. The molecule has 0 bridgehead atoms. The highest BCUT2D eigenvalue weighted by Gasteiger charge is 2.26. The van der Waals surface area contributed by atoms with Crippen molar-refractivity contribution in [1.82, 2.24) is 18.7 Å². The molecule has 3 heterocycles. The minimum absolute atomic E-state index is 0.0809. The monoisotopic (exact) mass is 463 g/mol. The van der Waals surface area contributed by atoms with Crippen molar-refractivity contribution in [1.29, 1.82) is 0 Å². The van der Waals surface area contributed by atoms with Crippen LogP contribution in [-0.4, -0.2) is 52.0 Å². The first-order chi connectivity index (χ1) is 15.1. The van der Waals surface area contributed by atoms with Crippen LogP contribution in [0.25, 0.3) is 11.2 Å². The predicted molar refractivity (Wildman–Crippen MR) is 114 cm³/mol. The number of carbonyl (C=O) groups is 1. The molecule has 12 nitrogen and oxygen atoms in total. The first-order valence-electron chi connectivity index (χ1n) is 9.65. The lowest BCUT2D eigenvalue weighted by atomic mass is 10.2. The van der Waals surface area contributed by atoms with Gasteiger partial charge in [-0.1, -0.05) is 0 Å². The van der Waals surface area contributed by atoms with Crippen molar-refractivity contribution in [2.24, 2.45) is 21.1 Å². The third kappa shape index (κ3) is 3.64. The number of hydrogen-bond donors (Lipinski definition) is 1. The number of benzene rings is 1. The van der Waals surface area contributed by atoms with E-state index in [1.807, 2.05) is 0 Å². The van der Waals surface area contributed by atoms with E-state index in [1.165, 1.54) is 25.7 Å². The van der Waals surface area contributed by atoms with E-state index in [9.17, 15) is 22.8 Å². The lowest BCUT2D eigenvalue weighted by Gasteiger charge is -2.19. The molecule has 0 radical (unpaired) electrons. The van der Waals surface area contributed by atoms with Gasteiger partial charge in [0.2, 0.25) is 20.9 Å². The number of ether oxygens (including phenoxy) is 2. The highest BCUT2D eigenvalue weighted by molar-refractivity contribution is 7.91. The van der Waals surface area contributed by atoms with Crippen molar-refractivity contribution in [3.63, 3.8) is 0 Å². The number of nitrogens with zero attached hydrogens (tertiary/aromatic N) is 4. The van der Waals surface area contributed by atoms with Crippen LogP contribution in [0, 0.1) is 0 Å². The van der Waals surface area contributed by atoms with Crippen LogP contribution >= 0.6 is 0 Å². The minimum atomic E-state index is -4.03. The normalized spacial score (nSPS) is 13.3. The summed E-state index contributed by atoms with van der Waals surface area (Å²) in [6.45, 7) is 0.842.